The van der Waals surface area contributed by atoms with Gasteiger partial charge in [-0.25, -0.2) is 0 Å². The minimum Gasteiger partial charge on any atom is -0.396 e. The fourth-order valence-corrected chi connectivity index (χ4v) is 2.15. The molecule has 0 bridgehead atoms. The summed E-state index contributed by atoms with van der Waals surface area (Å²) in [6, 6.07) is 0.282. The number of hydrogen-bond acceptors (Lipinski definition) is 2. The first kappa shape index (κ1) is 15.2. The summed E-state index contributed by atoms with van der Waals surface area (Å²) in [7, 11) is 0. The first-order chi connectivity index (χ1) is 8.32. The zero-order valence-electron chi connectivity index (χ0n) is 12.1. The highest BCUT2D eigenvalue weighted by molar-refractivity contribution is 5.88. The molecule has 0 aromatic carbocycles. The largest absolute Gasteiger partial charge is 0.396 e. The molecule has 0 radical (unpaired) electrons. The SMILES string of the molecule is C/C(=C\C(=O)NC1CCC(CO)CC1)C(C)(C)C. The molecule has 1 saturated carbocycles. The van der Waals surface area contributed by atoms with Gasteiger partial charge < -0.3 is 10.4 Å². The molecule has 0 aromatic heterocycles. The number of hydrogen-bond donors (Lipinski definition) is 2. The Morgan fingerprint density at radius 1 is 1.28 bits per heavy atom. The van der Waals surface area contributed by atoms with Crippen molar-refractivity contribution in [1.82, 2.24) is 5.32 Å². The predicted octanol–water partition coefficient (Wildman–Crippen LogP) is 2.65. The second-order valence-corrected chi connectivity index (χ2v) is 6.49. The van der Waals surface area contributed by atoms with E-state index in [1.54, 1.807) is 6.08 Å². The number of carbonyl (C=O) groups excluding carboxylic acids is 1. The third-order valence-electron chi connectivity index (χ3n) is 3.98. The number of aliphatic hydroxyl groups is 1. The van der Waals surface area contributed by atoms with Crippen molar-refractivity contribution in [2.75, 3.05) is 6.61 Å². The summed E-state index contributed by atoms with van der Waals surface area (Å²) in [5.74, 6) is 0.458. The Balaban J connectivity index is 2.42. The van der Waals surface area contributed by atoms with Gasteiger partial charge in [0.1, 0.15) is 0 Å². The molecule has 1 rings (SSSR count). The van der Waals surface area contributed by atoms with Crippen molar-refractivity contribution < 1.29 is 9.90 Å². The standard InChI is InChI=1S/C15H27NO2/c1-11(15(2,3)4)9-14(18)16-13-7-5-12(10-17)6-8-13/h9,12-13,17H,5-8,10H2,1-4H3,(H,16,18)/b11-9+. The van der Waals surface area contributed by atoms with Crippen LogP contribution in [0.25, 0.3) is 0 Å². The first-order valence-corrected chi connectivity index (χ1v) is 6.93. The average molecular weight is 253 g/mol. The van der Waals surface area contributed by atoms with Crippen LogP contribution >= 0.6 is 0 Å². The minimum atomic E-state index is 0.0230. The molecule has 3 heteroatoms. The van der Waals surface area contributed by atoms with Gasteiger partial charge in [-0.15, -0.1) is 0 Å². The summed E-state index contributed by atoms with van der Waals surface area (Å²) in [5.41, 5.74) is 1.15. The van der Waals surface area contributed by atoms with Gasteiger partial charge in [0.05, 0.1) is 0 Å². The van der Waals surface area contributed by atoms with Crippen molar-refractivity contribution >= 4 is 5.91 Å². The number of allylic oxidation sites excluding steroid dienone is 1. The van der Waals surface area contributed by atoms with Crippen LogP contribution in [0.5, 0.6) is 0 Å². The number of carbonyl (C=O) groups is 1. The normalized spacial score (nSPS) is 25.9. The smallest absolute Gasteiger partial charge is 0.244 e. The third kappa shape index (κ3) is 4.81. The van der Waals surface area contributed by atoms with Crippen molar-refractivity contribution in [3.8, 4) is 0 Å². The zero-order valence-corrected chi connectivity index (χ0v) is 12.1. The Kier molecular flexibility index (Phi) is 5.39. The Bertz CT molecular complexity index is 307. The summed E-state index contributed by atoms with van der Waals surface area (Å²) in [4.78, 5) is 11.9. The monoisotopic (exact) mass is 253 g/mol. The van der Waals surface area contributed by atoms with Crippen LogP contribution in [0.15, 0.2) is 11.6 Å². The lowest BCUT2D eigenvalue weighted by Crippen LogP contribution is -2.37. The number of rotatable bonds is 3. The molecule has 0 atom stereocenters. The van der Waals surface area contributed by atoms with E-state index in [0.717, 1.165) is 31.3 Å². The van der Waals surface area contributed by atoms with Crippen LogP contribution in [0.3, 0.4) is 0 Å². The molecule has 1 aliphatic carbocycles. The lowest BCUT2D eigenvalue weighted by Gasteiger charge is -2.28. The van der Waals surface area contributed by atoms with Gasteiger partial charge in [0, 0.05) is 18.7 Å². The van der Waals surface area contributed by atoms with Crippen molar-refractivity contribution in [2.24, 2.45) is 11.3 Å². The molecule has 0 saturated heterocycles. The van der Waals surface area contributed by atoms with E-state index in [2.05, 4.69) is 26.1 Å². The maximum atomic E-state index is 11.9. The predicted molar refractivity (Wildman–Crippen MR) is 74.2 cm³/mol. The molecule has 18 heavy (non-hydrogen) atoms. The minimum absolute atomic E-state index is 0.0230. The van der Waals surface area contributed by atoms with Gasteiger partial charge in [0.2, 0.25) is 5.91 Å². The number of amides is 1. The van der Waals surface area contributed by atoms with E-state index in [0.29, 0.717) is 5.92 Å². The highest BCUT2D eigenvalue weighted by Gasteiger charge is 2.21. The molecule has 0 heterocycles. The summed E-state index contributed by atoms with van der Waals surface area (Å²) < 4.78 is 0. The van der Waals surface area contributed by atoms with Crippen molar-refractivity contribution in [3.63, 3.8) is 0 Å². The fourth-order valence-electron chi connectivity index (χ4n) is 2.15. The van der Waals surface area contributed by atoms with E-state index in [1.807, 2.05) is 6.92 Å². The van der Waals surface area contributed by atoms with Gasteiger partial charge in [0.25, 0.3) is 0 Å². The second kappa shape index (κ2) is 6.37. The van der Waals surface area contributed by atoms with E-state index in [1.165, 1.54) is 0 Å². The summed E-state index contributed by atoms with van der Waals surface area (Å²) in [6.45, 7) is 8.61. The van der Waals surface area contributed by atoms with Crippen molar-refractivity contribution in [3.05, 3.63) is 11.6 Å². The highest BCUT2D eigenvalue weighted by Crippen LogP contribution is 2.25. The fraction of sp³-hybridized carbons (Fsp3) is 0.800. The molecule has 1 amide bonds. The van der Waals surface area contributed by atoms with E-state index in [-0.39, 0.29) is 24.0 Å². The van der Waals surface area contributed by atoms with Crippen LogP contribution in [0.4, 0.5) is 0 Å². The lowest BCUT2D eigenvalue weighted by molar-refractivity contribution is -0.117. The molecule has 0 unspecified atom stereocenters. The van der Waals surface area contributed by atoms with Crippen LogP contribution in [-0.2, 0) is 4.79 Å². The second-order valence-electron chi connectivity index (χ2n) is 6.49. The molecule has 3 nitrogen and oxygen atoms in total. The summed E-state index contributed by atoms with van der Waals surface area (Å²) in [5, 5.41) is 12.1. The summed E-state index contributed by atoms with van der Waals surface area (Å²) >= 11 is 0. The van der Waals surface area contributed by atoms with Crippen LogP contribution in [0, 0.1) is 11.3 Å². The molecule has 0 aromatic rings. The van der Waals surface area contributed by atoms with Gasteiger partial charge in [-0.1, -0.05) is 26.3 Å². The Labute approximate surface area is 111 Å². The van der Waals surface area contributed by atoms with Crippen molar-refractivity contribution in [2.45, 2.75) is 59.4 Å². The van der Waals surface area contributed by atoms with Gasteiger partial charge in [0.15, 0.2) is 0 Å². The molecule has 104 valence electrons. The van der Waals surface area contributed by atoms with Crippen LogP contribution in [0.1, 0.15) is 53.4 Å². The van der Waals surface area contributed by atoms with Crippen LogP contribution in [0.2, 0.25) is 0 Å². The maximum absolute atomic E-state index is 11.9. The highest BCUT2D eigenvalue weighted by atomic mass is 16.3. The zero-order chi connectivity index (χ0) is 13.8. The number of nitrogens with one attached hydrogen (secondary N) is 1. The first-order valence-electron chi connectivity index (χ1n) is 6.93. The quantitative estimate of drug-likeness (QED) is 0.760. The summed E-state index contributed by atoms with van der Waals surface area (Å²) in [6.07, 6.45) is 5.73. The molecular formula is C15H27NO2. The van der Waals surface area contributed by atoms with E-state index in [4.69, 9.17) is 5.11 Å². The third-order valence-corrected chi connectivity index (χ3v) is 3.98. The van der Waals surface area contributed by atoms with E-state index in [9.17, 15) is 4.79 Å². The number of aliphatic hydroxyl groups excluding tert-OH is 1. The topological polar surface area (TPSA) is 49.3 Å². The maximum Gasteiger partial charge on any atom is 0.244 e. The average Bonchev–Trinajstić information content (AvgIpc) is 2.28. The van der Waals surface area contributed by atoms with Gasteiger partial charge in [-0.2, -0.15) is 0 Å². The van der Waals surface area contributed by atoms with E-state index >= 15 is 0 Å². The van der Waals surface area contributed by atoms with Crippen LogP contribution < -0.4 is 5.32 Å². The van der Waals surface area contributed by atoms with Gasteiger partial charge in [-0.05, 0) is 43.9 Å². The molecule has 1 fully saturated rings. The lowest BCUT2D eigenvalue weighted by atomic mass is 9.86. The molecule has 1 aliphatic rings. The van der Waals surface area contributed by atoms with Gasteiger partial charge in [-0.3, -0.25) is 4.79 Å². The van der Waals surface area contributed by atoms with E-state index < -0.39 is 0 Å². The Hall–Kier alpha value is -0.830. The van der Waals surface area contributed by atoms with Crippen LogP contribution in [-0.4, -0.2) is 23.7 Å². The van der Waals surface area contributed by atoms with Crippen molar-refractivity contribution in [1.29, 1.82) is 0 Å². The molecule has 2 N–H and O–H groups in total. The Morgan fingerprint density at radius 3 is 2.28 bits per heavy atom. The van der Waals surface area contributed by atoms with Gasteiger partial charge >= 0.3 is 0 Å². The Morgan fingerprint density at radius 2 is 1.83 bits per heavy atom. The molecule has 0 aliphatic heterocycles. The molecular weight excluding hydrogens is 226 g/mol. The molecule has 0 spiro atoms.